The standard InChI is InChI=1S/C20H25NO5/c1-14(18(22)21-13-12-15-6-4-3-5-7-15)26-20(24)17-10-8-16(9-11-17)19(23)25-2/h6,8-11,14H,3-5,7,12-13H2,1-2H3,(H,21,22)/t14-/m0/s1. The number of esters is 2. The molecule has 1 aromatic rings. The minimum absolute atomic E-state index is 0.268. The number of hydrogen-bond donors (Lipinski definition) is 1. The van der Waals surface area contributed by atoms with Gasteiger partial charge >= 0.3 is 11.9 Å². The van der Waals surface area contributed by atoms with Crippen LogP contribution in [0.3, 0.4) is 0 Å². The summed E-state index contributed by atoms with van der Waals surface area (Å²) in [7, 11) is 1.29. The Hall–Kier alpha value is -2.63. The molecule has 1 aromatic carbocycles. The van der Waals surface area contributed by atoms with Crippen molar-refractivity contribution in [3.05, 3.63) is 47.0 Å². The van der Waals surface area contributed by atoms with Gasteiger partial charge in [0.1, 0.15) is 0 Å². The van der Waals surface area contributed by atoms with Gasteiger partial charge < -0.3 is 14.8 Å². The van der Waals surface area contributed by atoms with Crippen LogP contribution in [0.5, 0.6) is 0 Å². The molecule has 0 aromatic heterocycles. The van der Waals surface area contributed by atoms with Crippen LogP contribution in [0.15, 0.2) is 35.9 Å². The Bertz CT molecular complexity index is 678. The first-order chi connectivity index (χ1) is 12.5. The molecule has 1 atom stereocenters. The number of nitrogens with one attached hydrogen (secondary N) is 1. The van der Waals surface area contributed by atoms with Crippen LogP contribution in [0.2, 0.25) is 0 Å². The van der Waals surface area contributed by atoms with E-state index >= 15 is 0 Å². The van der Waals surface area contributed by atoms with Gasteiger partial charge in [-0.15, -0.1) is 0 Å². The predicted octanol–water partition coefficient (Wildman–Crippen LogP) is 3.03. The lowest BCUT2D eigenvalue weighted by atomic mass is 9.97. The maximum absolute atomic E-state index is 12.1. The topological polar surface area (TPSA) is 81.7 Å². The fourth-order valence-electron chi connectivity index (χ4n) is 2.76. The largest absolute Gasteiger partial charge is 0.465 e. The number of carbonyl (C=O) groups excluding carboxylic acids is 3. The highest BCUT2D eigenvalue weighted by Gasteiger charge is 2.19. The summed E-state index contributed by atoms with van der Waals surface area (Å²) < 4.78 is 9.79. The normalized spacial score (nSPS) is 14.8. The van der Waals surface area contributed by atoms with Crippen LogP contribution in [-0.2, 0) is 14.3 Å². The highest BCUT2D eigenvalue weighted by Crippen LogP contribution is 2.19. The fraction of sp³-hybridized carbons (Fsp3) is 0.450. The van der Waals surface area contributed by atoms with Crippen LogP contribution in [0.4, 0.5) is 0 Å². The molecule has 0 radical (unpaired) electrons. The number of amides is 1. The van der Waals surface area contributed by atoms with Crippen LogP contribution in [-0.4, -0.2) is 37.6 Å². The van der Waals surface area contributed by atoms with Crippen molar-refractivity contribution in [2.75, 3.05) is 13.7 Å². The maximum atomic E-state index is 12.1. The number of ether oxygens (including phenoxy) is 2. The van der Waals surface area contributed by atoms with Crippen molar-refractivity contribution in [1.82, 2.24) is 5.32 Å². The molecule has 0 aliphatic heterocycles. The van der Waals surface area contributed by atoms with Crippen molar-refractivity contribution >= 4 is 17.8 Å². The van der Waals surface area contributed by atoms with Gasteiger partial charge in [-0.3, -0.25) is 4.79 Å². The van der Waals surface area contributed by atoms with Gasteiger partial charge in [-0.1, -0.05) is 11.6 Å². The van der Waals surface area contributed by atoms with Gasteiger partial charge in [0.2, 0.25) is 0 Å². The SMILES string of the molecule is COC(=O)c1ccc(C(=O)O[C@@H](C)C(=O)NCCC2=CCCCC2)cc1. The summed E-state index contributed by atoms with van der Waals surface area (Å²) in [6.07, 6.45) is 6.86. The Labute approximate surface area is 153 Å². The molecule has 1 N–H and O–H groups in total. The minimum atomic E-state index is -0.886. The Kier molecular flexibility index (Phi) is 7.38. The molecule has 0 spiro atoms. The second kappa shape index (κ2) is 9.75. The van der Waals surface area contributed by atoms with E-state index in [1.807, 2.05) is 0 Å². The molecule has 1 amide bonds. The van der Waals surface area contributed by atoms with E-state index in [9.17, 15) is 14.4 Å². The zero-order valence-electron chi connectivity index (χ0n) is 15.2. The number of carbonyl (C=O) groups is 3. The molecule has 0 heterocycles. The van der Waals surface area contributed by atoms with Crippen LogP contribution in [0.25, 0.3) is 0 Å². The Morgan fingerprint density at radius 2 is 1.73 bits per heavy atom. The molecule has 6 nitrogen and oxygen atoms in total. The molecule has 6 heteroatoms. The molecular formula is C20H25NO5. The van der Waals surface area contributed by atoms with Gasteiger partial charge in [-0.25, -0.2) is 9.59 Å². The summed E-state index contributed by atoms with van der Waals surface area (Å²) in [6, 6.07) is 5.89. The number of benzene rings is 1. The van der Waals surface area contributed by atoms with Crippen LogP contribution in [0.1, 0.15) is 59.7 Å². The Morgan fingerprint density at radius 1 is 1.08 bits per heavy atom. The van der Waals surface area contributed by atoms with E-state index in [0.29, 0.717) is 12.1 Å². The van der Waals surface area contributed by atoms with Crippen molar-refractivity contribution < 1.29 is 23.9 Å². The molecule has 2 rings (SSSR count). The van der Waals surface area contributed by atoms with E-state index in [1.54, 1.807) is 0 Å². The number of allylic oxidation sites excluding steroid dienone is 1. The summed E-state index contributed by atoms with van der Waals surface area (Å²) in [5.41, 5.74) is 1.99. The molecule has 26 heavy (non-hydrogen) atoms. The lowest BCUT2D eigenvalue weighted by Gasteiger charge is -2.15. The van der Waals surface area contributed by atoms with Crippen molar-refractivity contribution in [3.8, 4) is 0 Å². The summed E-state index contributed by atoms with van der Waals surface area (Å²) in [5, 5.41) is 2.80. The van der Waals surface area contributed by atoms with Gasteiger partial charge in [0, 0.05) is 6.54 Å². The first-order valence-corrected chi connectivity index (χ1v) is 8.86. The van der Waals surface area contributed by atoms with Crippen molar-refractivity contribution in [2.24, 2.45) is 0 Å². The molecule has 0 fully saturated rings. The monoisotopic (exact) mass is 359 g/mol. The quantitative estimate of drug-likeness (QED) is 0.598. The molecule has 0 saturated heterocycles. The van der Waals surface area contributed by atoms with Crippen LogP contribution >= 0.6 is 0 Å². The molecule has 140 valence electrons. The molecule has 1 aliphatic rings. The first kappa shape index (κ1) is 19.7. The fourth-order valence-corrected chi connectivity index (χ4v) is 2.76. The van der Waals surface area contributed by atoms with E-state index in [1.165, 1.54) is 56.7 Å². The lowest BCUT2D eigenvalue weighted by molar-refractivity contribution is -0.129. The number of hydrogen-bond acceptors (Lipinski definition) is 5. The van der Waals surface area contributed by atoms with E-state index in [4.69, 9.17) is 4.74 Å². The third kappa shape index (κ3) is 5.72. The summed E-state index contributed by atoms with van der Waals surface area (Å²) in [5.74, 6) is -1.41. The van der Waals surface area contributed by atoms with E-state index < -0.39 is 18.0 Å². The minimum Gasteiger partial charge on any atom is -0.465 e. The van der Waals surface area contributed by atoms with Crippen LogP contribution < -0.4 is 5.32 Å². The third-order valence-electron chi connectivity index (χ3n) is 4.33. The molecule has 0 saturated carbocycles. The second-order valence-corrected chi connectivity index (χ2v) is 6.27. The maximum Gasteiger partial charge on any atom is 0.338 e. The number of methoxy groups -OCH3 is 1. The lowest BCUT2D eigenvalue weighted by Crippen LogP contribution is -2.36. The highest BCUT2D eigenvalue weighted by molar-refractivity contribution is 5.94. The van der Waals surface area contributed by atoms with E-state index in [0.717, 1.165) is 19.3 Å². The first-order valence-electron chi connectivity index (χ1n) is 8.86. The summed E-state index contributed by atoms with van der Waals surface area (Å²) >= 11 is 0. The average Bonchev–Trinajstić information content (AvgIpc) is 2.68. The van der Waals surface area contributed by atoms with Gasteiger partial charge in [0.05, 0.1) is 18.2 Å². The number of rotatable bonds is 7. The van der Waals surface area contributed by atoms with Gasteiger partial charge in [0.15, 0.2) is 6.10 Å². The molecule has 0 unspecified atom stereocenters. The summed E-state index contributed by atoms with van der Waals surface area (Å²) in [6.45, 7) is 2.08. The molecular weight excluding hydrogens is 334 g/mol. The molecule has 0 bridgehead atoms. The van der Waals surface area contributed by atoms with Crippen LogP contribution in [0, 0.1) is 0 Å². The van der Waals surface area contributed by atoms with Crippen molar-refractivity contribution in [1.29, 1.82) is 0 Å². The van der Waals surface area contributed by atoms with Crippen molar-refractivity contribution in [2.45, 2.75) is 45.1 Å². The van der Waals surface area contributed by atoms with Gasteiger partial charge in [-0.05, 0) is 63.3 Å². The third-order valence-corrected chi connectivity index (χ3v) is 4.33. The smallest absolute Gasteiger partial charge is 0.338 e. The Balaban J connectivity index is 1.79. The zero-order valence-corrected chi connectivity index (χ0v) is 15.2. The predicted molar refractivity (Wildman–Crippen MR) is 96.8 cm³/mol. The van der Waals surface area contributed by atoms with Gasteiger partial charge in [0.25, 0.3) is 5.91 Å². The summed E-state index contributed by atoms with van der Waals surface area (Å²) in [4.78, 5) is 35.5. The molecule has 1 aliphatic carbocycles. The highest BCUT2D eigenvalue weighted by atomic mass is 16.5. The Morgan fingerprint density at radius 3 is 2.31 bits per heavy atom. The second-order valence-electron chi connectivity index (χ2n) is 6.27. The van der Waals surface area contributed by atoms with Gasteiger partial charge in [-0.2, -0.15) is 0 Å². The van der Waals surface area contributed by atoms with E-state index in [2.05, 4.69) is 16.1 Å². The van der Waals surface area contributed by atoms with Crippen molar-refractivity contribution in [3.63, 3.8) is 0 Å². The van der Waals surface area contributed by atoms with E-state index in [-0.39, 0.29) is 11.5 Å². The zero-order chi connectivity index (χ0) is 18.9. The average molecular weight is 359 g/mol.